The maximum atomic E-state index is 10.1. The minimum atomic E-state index is -0.180. The van der Waals surface area contributed by atoms with Gasteiger partial charge in [-0.1, -0.05) is 12.7 Å². The third-order valence-electron chi connectivity index (χ3n) is 8.87. The first kappa shape index (κ1) is 25.6. The summed E-state index contributed by atoms with van der Waals surface area (Å²) in [6.45, 7) is 10.6. The highest BCUT2D eigenvalue weighted by molar-refractivity contribution is 5.81. The van der Waals surface area contributed by atoms with Gasteiger partial charge in [-0.15, -0.1) is 5.10 Å². The molecular formula is C29H42N6O3. The van der Waals surface area contributed by atoms with Crippen molar-refractivity contribution in [1.29, 1.82) is 0 Å². The molecule has 0 radical (unpaired) electrons. The number of rotatable bonds is 8. The minimum Gasteiger partial charge on any atom is -0.393 e. The van der Waals surface area contributed by atoms with Gasteiger partial charge in [-0.05, 0) is 63.5 Å². The maximum absolute atomic E-state index is 10.1. The number of hydrogen-bond acceptors (Lipinski definition) is 8. The van der Waals surface area contributed by atoms with E-state index in [0.717, 1.165) is 69.7 Å². The van der Waals surface area contributed by atoms with Crippen LogP contribution in [0.5, 0.6) is 0 Å². The van der Waals surface area contributed by atoms with Crippen LogP contribution in [0.15, 0.2) is 30.7 Å². The highest BCUT2D eigenvalue weighted by Gasteiger charge is 2.39. The number of nitrogens with one attached hydrogen (secondary N) is 1. The van der Waals surface area contributed by atoms with E-state index in [2.05, 4.69) is 45.3 Å². The highest BCUT2D eigenvalue weighted by atomic mass is 16.5. The Kier molecular flexibility index (Phi) is 7.33. The molecule has 2 bridgehead atoms. The van der Waals surface area contributed by atoms with Crippen molar-refractivity contribution in [3.63, 3.8) is 0 Å². The Bertz CT molecular complexity index is 1180. The number of methoxy groups -OCH3 is 1. The van der Waals surface area contributed by atoms with Crippen LogP contribution in [0.3, 0.4) is 0 Å². The number of morpholine rings is 1. The van der Waals surface area contributed by atoms with Gasteiger partial charge in [0.25, 0.3) is 0 Å². The van der Waals surface area contributed by atoms with Gasteiger partial charge in [0.1, 0.15) is 0 Å². The molecule has 9 nitrogen and oxygen atoms in total. The molecule has 0 aromatic carbocycles. The molecule has 3 aliphatic heterocycles. The van der Waals surface area contributed by atoms with E-state index in [1.54, 1.807) is 7.11 Å². The molecule has 0 amide bonds. The normalized spacial score (nSPS) is 28.4. The molecule has 3 fully saturated rings. The van der Waals surface area contributed by atoms with Crippen molar-refractivity contribution in [1.82, 2.24) is 24.4 Å². The second-order valence-corrected chi connectivity index (χ2v) is 11.5. The van der Waals surface area contributed by atoms with Crippen molar-refractivity contribution >= 4 is 17.0 Å². The predicted octanol–water partition coefficient (Wildman–Crippen LogP) is 3.62. The summed E-state index contributed by atoms with van der Waals surface area (Å²) in [6, 6.07) is 3.32. The number of hydrogen-bond donors (Lipinski definition) is 2. The molecule has 2 saturated heterocycles. The third kappa shape index (κ3) is 4.92. The number of ether oxygens (including phenoxy) is 2. The molecule has 0 spiro atoms. The van der Waals surface area contributed by atoms with Gasteiger partial charge in [0.05, 0.1) is 43.5 Å². The third-order valence-corrected chi connectivity index (χ3v) is 8.87. The molecule has 9 heteroatoms. The van der Waals surface area contributed by atoms with E-state index < -0.39 is 0 Å². The smallest absolute Gasteiger partial charge is 0.241 e. The molecular weight excluding hydrogens is 480 g/mol. The van der Waals surface area contributed by atoms with Crippen molar-refractivity contribution in [3.05, 3.63) is 42.0 Å². The molecule has 0 unspecified atom stereocenters. The Morgan fingerprint density at radius 3 is 2.74 bits per heavy atom. The van der Waals surface area contributed by atoms with Gasteiger partial charge < -0.3 is 29.7 Å². The Labute approximate surface area is 225 Å². The van der Waals surface area contributed by atoms with E-state index in [9.17, 15) is 5.11 Å². The SMILES string of the molecule is C=C(N1CCOCC1)N1[C@H]2CC[C@@H]1C=C(c1cc(C3CCC(O)CC3)n3nc(N[C@@H](C)COC)ncc13)C2. The van der Waals surface area contributed by atoms with Gasteiger partial charge in [0.15, 0.2) is 0 Å². The van der Waals surface area contributed by atoms with Crippen LogP contribution in [0.4, 0.5) is 5.95 Å². The van der Waals surface area contributed by atoms with Crippen LogP contribution in [0.2, 0.25) is 0 Å². The molecule has 6 rings (SSSR count). The molecule has 2 aromatic heterocycles. The lowest BCUT2D eigenvalue weighted by molar-refractivity contribution is 0.0332. The number of anilines is 1. The van der Waals surface area contributed by atoms with Crippen LogP contribution in [0, 0.1) is 0 Å². The molecule has 5 heterocycles. The zero-order valence-corrected chi connectivity index (χ0v) is 22.8. The van der Waals surface area contributed by atoms with Crippen molar-refractivity contribution < 1.29 is 14.6 Å². The molecule has 1 saturated carbocycles. The topological polar surface area (TPSA) is 87.4 Å². The summed E-state index contributed by atoms with van der Waals surface area (Å²) in [5.74, 6) is 2.16. The minimum absolute atomic E-state index is 0.114. The van der Waals surface area contributed by atoms with Crippen molar-refractivity contribution in [2.75, 3.05) is 45.3 Å². The lowest BCUT2D eigenvalue weighted by Crippen LogP contribution is -2.46. The van der Waals surface area contributed by atoms with Crippen LogP contribution >= 0.6 is 0 Å². The van der Waals surface area contributed by atoms with E-state index in [-0.39, 0.29) is 12.1 Å². The number of aliphatic hydroxyl groups is 1. The van der Waals surface area contributed by atoms with Gasteiger partial charge in [-0.25, -0.2) is 9.50 Å². The number of nitrogens with zero attached hydrogens (tertiary/aromatic N) is 5. The lowest BCUT2D eigenvalue weighted by Gasteiger charge is -2.43. The van der Waals surface area contributed by atoms with Gasteiger partial charge in [0.2, 0.25) is 5.95 Å². The Morgan fingerprint density at radius 1 is 1.21 bits per heavy atom. The number of fused-ring (bicyclic) bond motifs is 3. The fraction of sp³-hybridized carbons (Fsp3) is 0.655. The van der Waals surface area contributed by atoms with Crippen LogP contribution < -0.4 is 5.32 Å². The standard InChI is InChI=1S/C29H42N6O3/c1-19(18-37-3)31-29-30-17-28-26(16-27(35(28)32-29)21-4-8-25(36)9-5-21)22-14-23-6-7-24(15-22)34(23)20(2)33-10-12-38-13-11-33/h14,16-17,19,21,23-25,36H,2,4-13,15,18H2,1,3H3,(H,31,32)/t19-,21?,23+,24-,25?/m0/s1. The van der Waals surface area contributed by atoms with E-state index in [4.69, 9.17) is 19.6 Å². The summed E-state index contributed by atoms with van der Waals surface area (Å²) < 4.78 is 13.0. The first-order valence-electron chi connectivity index (χ1n) is 14.3. The second kappa shape index (κ2) is 10.9. The van der Waals surface area contributed by atoms with Crippen LogP contribution in [-0.2, 0) is 9.47 Å². The van der Waals surface area contributed by atoms with E-state index in [1.807, 2.05) is 6.20 Å². The zero-order chi connectivity index (χ0) is 26.2. The van der Waals surface area contributed by atoms with Gasteiger partial charge >= 0.3 is 0 Å². The zero-order valence-electron chi connectivity index (χ0n) is 22.8. The molecule has 206 valence electrons. The molecule has 4 aliphatic rings. The summed E-state index contributed by atoms with van der Waals surface area (Å²) in [5.41, 5.74) is 4.97. The summed E-state index contributed by atoms with van der Waals surface area (Å²) in [6.07, 6.45) is 11.3. The monoisotopic (exact) mass is 522 g/mol. The van der Waals surface area contributed by atoms with Crippen LogP contribution in [0.1, 0.15) is 69.0 Å². The van der Waals surface area contributed by atoms with Crippen molar-refractivity contribution in [2.24, 2.45) is 0 Å². The maximum Gasteiger partial charge on any atom is 0.241 e. The molecule has 2 aromatic rings. The van der Waals surface area contributed by atoms with Crippen molar-refractivity contribution in [2.45, 2.75) is 82.0 Å². The molecule has 38 heavy (non-hydrogen) atoms. The average Bonchev–Trinajstić information content (AvgIpc) is 3.43. The number of aromatic nitrogens is 3. The van der Waals surface area contributed by atoms with Crippen molar-refractivity contribution in [3.8, 4) is 0 Å². The molecule has 2 N–H and O–H groups in total. The fourth-order valence-electron chi connectivity index (χ4n) is 6.93. The van der Waals surface area contributed by atoms with Gasteiger partial charge in [-0.2, -0.15) is 0 Å². The summed E-state index contributed by atoms with van der Waals surface area (Å²) in [7, 11) is 1.71. The second-order valence-electron chi connectivity index (χ2n) is 11.5. The largest absolute Gasteiger partial charge is 0.393 e. The quantitative estimate of drug-likeness (QED) is 0.544. The number of aliphatic hydroxyl groups excluding tert-OH is 1. The fourth-order valence-corrected chi connectivity index (χ4v) is 6.93. The molecule has 3 atom stereocenters. The summed E-state index contributed by atoms with van der Waals surface area (Å²) >= 11 is 0. The first-order chi connectivity index (χ1) is 18.5. The van der Waals surface area contributed by atoms with E-state index >= 15 is 0 Å². The lowest BCUT2D eigenvalue weighted by atomic mass is 9.85. The van der Waals surface area contributed by atoms with Gasteiger partial charge in [0, 0.05) is 55.5 Å². The predicted molar refractivity (Wildman–Crippen MR) is 148 cm³/mol. The highest BCUT2D eigenvalue weighted by Crippen LogP contribution is 2.44. The van der Waals surface area contributed by atoms with Gasteiger partial charge in [-0.3, -0.25) is 0 Å². The molecule has 1 aliphatic carbocycles. The Hall–Kier alpha value is -2.62. The van der Waals surface area contributed by atoms with E-state index in [1.165, 1.54) is 29.7 Å². The van der Waals surface area contributed by atoms with Crippen LogP contribution in [-0.4, -0.2) is 93.8 Å². The summed E-state index contributed by atoms with van der Waals surface area (Å²) in [4.78, 5) is 9.66. The van der Waals surface area contributed by atoms with E-state index in [0.29, 0.717) is 30.6 Å². The summed E-state index contributed by atoms with van der Waals surface area (Å²) in [5, 5.41) is 18.5. The Balaban J connectivity index is 1.32. The van der Waals surface area contributed by atoms with Crippen LogP contribution in [0.25, 0.3) is 11.1 Å². The average molecular weight is 523 g/mol. The first-order valence-corrected chi connectivity index (χ1v) is 14.3. The Morgan fingerprint density at radius 2 is 2.00 bits per heavy atom.